The predicted molar refractivity (Wildman–Crippen MR) is 201 cm³/mol. The monoisotopic (exact) mass is 641 g/mol. The van der Waals surface area contributed by atoms with Crippen LogP contribution >= 0.6 is 0 Å². The predicted octanol–water partition coefficient (Wildman–Crippen LogP) is 7.96. The zero-order chi connectivity index (χ0) is 33.3. The van der Waals surface area contributed by atoms with Crippen molar-refractivity contribution in [2.45, 2.75) is 187 Å². The summed E-state index contributed by atoms with van der Waals surface area (Å²) < 4.78 is 0. The molecule has 45 heavy (non-hydrogen) atoms. The number of hydrogen-bond acceptors (Lipinski definition) is 6. The van der Waals surface area contributed by atoms with Gasteiger partial charge in [-0.15, -0.1) is 0 Å². The topological polar surface area (TPSA) is 117 Å². The zero-order valence-electron chi connectivity index (χ0n) is 31.0. The molecule has 7 nitrogen and oxygen atoms in total. The van der Waals surface area contributed by atoms with Gasteiger partial charge in [0.1, 0.15) is 0 Å². The number of carbonyl (C=O) groups excluding carboxylic acids is 1. The molecule has 0 aliphatic heterocycles. The Morgan fingerprint density at radius 3 is 1.33 bits per heavy atom. The van der Waals surface area contributed by atoms with Crippen molar-refractivity contribution in [3.05, 3.63) is 0 Å². The van der Waals surface area contributed by atoms with E-state index in [0.29, 0.717) is 6.54 Å². The molecule has 0 heterocycles. The van der Waals surface area contributed by atoms with E-state index in [1.807, 2.05) is 0 Å². The smallest absolute Gasteiger partial charge is 0.233 e. The lowest BCUT2D eigenvalue weighted by molar-refractivity contribution is -0.119. The van der Waals surface area contributed by atoms with Crippen molar-refractivity contribution in [1.29, 1.82) is 0 Å². The lowest BCUT2D eigenvalue weighted by Crippen LogP contribution is -2.32. The Kier molecular flexibility index (Phi) is 44.6. The first-order chi connectivity index (χ1) is 22.2. The molecular formula is C38H84N6O. The zero-order valence-corrected chi connectivity index (χ0v) is 31.0. The number of nitrogens with two attached hydrogens (primary N) is 2. The molecule has 1 atom stereocenters. The van der Waals surface area contributed by atoms with Gasteiger partial charge in [0.25, 0.3) is 0 Å². The van der Waals surface area contributed by atoms with Gasteiger partial charge in [0.2, 0.25) is 5.91 Å². The Balaban J connectivity index is 0. The minimum Gasteiger partial charge on any atom is -0.355 e. The summed E-state index contributed by atoms with van der Waals surface area (Å²) in [5.41, 5.74) is 10.6. The van der Waals surface area contributed by atoms with Gasteiger partial charge >= 0.3 is 0 Å². The number of rotatable bonds is 36. The molecule has 0 saturated carbocycles. The first-order valence-corrected chi connectivity index (χ1v) is 20.0. The van der Waals surface area contributed by atoms with Crippen molar-refractivity contribution in [2.24, 2.45) is 11.5 Å². The first kappa shape index (κ1) is 46.4. The van der Waals surface area contributed by atoms with Gasteiger partial charge in [0, 0.05) is 12.6 Å². The summed E-state index contributed by atoms with van der Waals surface area (Å²) >= 11 is 0. The van der Waals surface area contributed by atoms with E-state index in [9.17, 15) is 4.79 Å². The lowest BCUT2D eigenvalue weighted by atomic mass is 9.99. The summed E-state index contributed by atoms with van der Waals surface area (Å²) in [6.45, 7) is 13.8. The summed E-state index contributed by atoms with van der Waals surface area (Å²) in [5, 5.41) is 13.4. The van der Waals surface area contributed by atoms with Crippen molar-refractivity contribution in [3.8, 4) is 0 Å². The van der Waals surface area contributed by atoms with Gasteiger partial charge in [-0.25, -0.2) is 0 Å². The van der Waals surface area contributed by atoms with Crippen LogP contribution in [0, 0.1) is 0 Å². The number of nitrogens with one attached hydrogen (secondary N) is 4. The fraction of sp³-hybridized carbons (Fsp3) is 0.974. The quantitative estimate of drug-likeness (QED) is 0.0387. The summed E-state index contributed by atoms with van der Waals surface area (Å²) in [4.78, 5) is 10.8. The van der Waals surface area contributed by atoms with Crippen LogP contribution in [-0.2, 0) is 4.79 Å². The fourth-order valence-electron chi connectivity index (χ4n) is 5.57. The molecule has 0 aliphatic carbocycles. The Hall–Kier alpha value is -0.730. The molecule has 0 aromatic carbocycles. The van der Waals surface area contributed by atoms with Gasteiger partial charge in [0.15, 0.2) is 0 Å². The van der Waals surface area contributed by atoms with Gasteiger partial charge in [-0.3, -0.25) is 4.79 Å². The molecule has 0 radical (unpaired) electrons. The van der Waals surface area contributed by atoms with Crippen LogP contribution in [0.3, 0.4) is 0 Å². The number of amides is 1. The van der Waals surface area contributed by atoms with Crippen LogP contribution < -0.4 is 32.7 Å². The van der Waals surface area contributed by atoms with Crippen LogP contribution in [0.1, 0.15) is 181 Å². The van der Waals surface area contributed by atoms with Gasteiger partial charge in [-0.1, -0.05) is 136 Å². The van der Waals surface area contributed by atoms with Crippen LogP contribution in [0.4, 0.5) is 0 Å². The summed E-state index contributed by atoms with van der Waals surface area (Å²) in [7, 11) is 0. The van der Waals surface area contributed by atoms with Gasteiger partial charge in [0.05, 0.1) is 6.54 Å². The SMILES string of the molecule is CCCCCCCCCC(CCCCCCCC)NCCCCCCCC.NCCCNCCCCNCCCNC(=O)CN. The highest BCUT2D eigenvalue weighted by Crippen LogP contribution is 2.15. The Labute approximate surface area is 282 Å². The van der Waals surface area contributed by atoms with Crippen LogP contribution in [0.25, 0.3) is 0 Å². The molecule has 272 valence electrons. The molecule has 7 heteroatoms. The molecule has 8 N–H and O–H groups in total. The Morgan fingerprint density at radius 1 is 0.467 bits per heavy atom. The van der Waals surface area contributed by atoms with E-state index in [2.05, 4.69) is 42.0 Å². The van der Waals surface area contributed by atoms with Crippen molar-refractivity contribution < 1.29 is 4.79 Å². The molecule has 0 aliphatic rings. The standard InChI is InChI=1S/C26H55N.C12H29N5O/c1-4-7-10-13-16-18-21-24-26(23-20-17-14-11-8-5-2)27-25-22-19-15-12-9-6-3;13-5-3-8-15-6-1-2-7-16-9-4-10-17-12(18)11-14/h26-27H,4-25H2,1-3H3;15-16H,1-11,13-14H2,(H,17,18). The van der Waals surface area contributed by atoms with E-state index in [-0.39, 0.29) is 12.5 Å². The number of unbranched alkanes of at least 4 members (excludes halogenated alkanes) is 17. The molecule has 1 amide bonds. The minimum atomic E-state index is -0.0847. The molecule has 0 saturated heterocycles. The van der Waals surface area contributed by atoms with Crippen molar-refractivity contribution in [3.63, 3.8) is 0 Å². The van der Waals surface area contributed by atoms with E-state index >= 15 is 0 Å². The fourth-order valence-corrected chi connectivity index (χ4v) is 5.57. The second-order valence-corrected chi connectivity index (χ2v) is 13.1. The van der Waals surface area contributed by atoms with E-state index in [1.54, 1.807) is 0 Å². The lowest BCUT2D eigenvalue weighted by Gasteiger charge is -2.19. The average Bonchev–Trinajstić information content (AvgIpc) is 3.05. The molecule has 1 unspecified atom stereocenters. The number of carbonyl (C=O) groups is 1. The summed E-state index contributed by atoms with van der Waals surface area (Å²) in [6.07, 6.45) is 34.3. The van der Waals surface area contributed by atoms with E-state index < -0.39 is 0 Å². The molecule has 0 rings (SSSR count). The molecular weight excluding hydrogens is 556 g/mol. The van der Waals surface area contributed by atoms with Crippen molar-refractivity contribution in [1.82, 2.24) is 21.3 Å². The maximum atomic E-state index is 10.8. The molecule has 0 spiro atoms. The maximum absolute atomic E-state index is 10.8. The van der Waals surface area contributed by atoms with Gasteiger partial charge in [-0.05, 0) is 84.2 Å². The van der Waals surface area contributed by atoms with Crippen LogP contribution in [-0.4, -0.2) is 64.3 Å². The normalized spacial score (nSPS) is 11.8. The van der Waals surface area contributed by atoms with Gasteiger partial charge < -0.3 is 32.7 Å². The highest BCUT2D eigenvalue weighted by Gasteiger charge is 2.08. The molecule has 0 fully saturated rings. The van der Waals surface area contributed by atoms with Crippen LogP contribution in [0.15, 0.2) is 0 Å². The maximum Gasteiger partial charge on any atom is 0.233 e. The van der Waals surface area contributed by atoms with E-state index in [0.717, 1.165) is 51.6 Å². The molecule has 0 aromatic rings. The second-order valence-electron chi connectivity index (χ2n) is 13.1. The van der Waals surface area contributed by atoms with Gasteiger partial charge in [-0.2, -0.15) is 0 Å². The number of hydrogen-bond donors (Lipinski definition) is 6. The molecule has 0 aromatic heterocycles. The first-order valence-electron chi connectivity index (χ1n) is 20.0. The average molecular weight is 641 g/mol. The van der Waals surface area contributed by atoms with Crippen molar-refractivity contribution >= 4 is 5.91 Å². The third kappa shape index (κ3) is 43.3. The Bertz CT molecular complexity index is 518. The Morgan fingerprint density at radius 2 is 0.867 bits per heavy atom. The van der Waals surface area contributed by atoms with E-state index in [4.69, 9.17) is 11.5 Å². The minimum absolute atomic E-state index is 0.0740. The summed E-state index contributed by atoms with van der Waals surface area (Å²) in [5.74, 6) is -0.0847. The summed E-state index contributed by atoms with van der Waals surface area (Å²) in [6, 6.07) is 0.794. The van der Waals surface area contributed by atoms with Crippen LogP contribution in [0.2, 0.25) is 0 Å². The molecule has 0 bridgehead atoms. The largest absolute Gasteiger partial charge is 0.355 e. The highest BCUT2D eigenvalue weighted by molar-refractivity contribution is 5.77. The van der Waals surface area contributed by atoms with Crippen molar-refractivity contribution in [2.75, 3.05) is 52.4 Å². The van der Waals surface area contributed by atoms with Crippen LogP contribution in [0.5, 0.6) is 0 Å². The van der Waals surface area contributed by atoms with E-state index in [1.165, 1.54) is 154 Å². The third-order valence-electron chi connectivity index (χ3n) is 8.58. The third-order valence-corrected chi connectivity index (χ3v) is 8.58. The second kappa shape index (κ2) is 43.3. The highest BCUT2D eigenvalue weighted by atomic mass is 16.1.